The Kier molecular flexibility index (Phi) is 8.20. The van der Waals surface area contributed by atoms with E-state index in [1.807, 2.05) is 23.1 Å². The molecule has 0 unspecified atom stereocenters. The lowest BCUT2D eigenvalue weighted by Gasteiger charge is -2.17. The van der Waals surface area contributed by atoms with Crippen molar-refractivity contribution >= 4 is 18.3 Å². The summed E-state index contributed by atoms with van der Waals surface area (Å²) in [4.78, 5) is 14.5. The molecule has 4 nitrogen and oxygen atoms in total. The zero-order valence-electron chi connectivity index (χ0n) is 15.5. The van der Waals surface area contributed by atoms with Gasteiger partial charge in [0, 0.05) is 25.4 Å². The van der Waals surface area contributed by atoms with E-state index >= 15 is 0 Å². The molecule has 7 heteroatoms. The van der Waals surface area contributed by atoms with Gasteiger partial charge in [-0.15, -0.1) is 12.4 Å². The molecule has 2 N–H and O–H groups in total. The Morgan fingerprint density at radius 1 is 1.11 bits per heavy atom. The fourth-order valence-electron chi connectivity index (χ4n) is 3.64. The van der Waals surface area contributed by atoms with E-state index in [0.717, 1.165) is 5.56 Å². The lowest BCUT2D eigenvalue weighted by Crippen LogP contribution is -2.30. The number of ether oxygens (including phenoxy) is 1. The number of aryl methyl sites for hydroxylation is 1. The number of likely N-dealkylation sites (tertiary alicyclic amines) is 1. The molecule has 1 aliphatic rings. The highest BCUT2D eigenvalue weighted by molar-refractivity contribution is 5.85. The highest BCUT2D eigenvalue weighted by atomic mass is 35.5. The Balaban J connectivity index is 0.00000280. The average Bonchev–Trinajstić information content (AvgIpc) is 3.12. The number of benzene rings is 2. The van der Waals surface area contributed by atoms with Gasteiger partial charge >= 0.3 is 6.61 Å². The molecule has 152 valence electrons. The summed E-state index contributed by atoms with van der Waals surface area (Å²) in [5.74, 6) is 0.754. The van der Waals surface area contributed by atoms with E-state index in [-0.39, 0.29) is 35.9 Å². The van der Waals surface area contributed by atoms with Gasteiger partial charge < -0.3 is 15.4 Å². The van der Waals surface area contributed by atoms with Crippen LogP contribution in [0.2, 0.25) is 0 Å². The van der Waals surface area contributed by atoms with Crippen LogP contribution in [0.25, 0.3) is 0 Å². The number of rotatable bonds is 7. The fourth-order valence-corrected chi connectivity index (χ4v) is 3.64. The number of carbonyl (C=O) groups is 1. The molecule has 0 bridgehead atoms. The number of alkyl halides is 2. The van der Waals surface area contributed by atoms with Gasteiger partial charge in [0.2, 0.25) is 5.91 Å². The van der Waals surface area contributed by atoms with E-state index < -0.39 is 6.61 Å². The number of nitrogens with zero attached hydrogens (tertiary/aromatic N) is 1. The minimum atomic E-state index is -2.83. The summed E-state index contributed by atoms with van der Waals surface area (Å²) in [7, 11) is 0. The normalized spacial score (nSPS) is 18.8. The number of nitrogens with two attached hydrogens (primary N) is 1. The van der Waals surface area contributed by atoms with Crippen LogP contribution in [0, 0.1) is 5.92 Å². The molecule has 0 spiro atoms. The van der Waals surface area contributed by atoms with Crippen molar-refractivity contribution < 1.29 is 18.3 Å². The van der Waals surface area contributed by atoms with Gasteiger partial charge in [-0.3, -0.25) is 4.79 Å². The zero-order valence-corrected chi connectivity index (χ0v) is 16.3. The molecule has 1 aliphatic heterocycles. The molecule has 1 saturated heterocycles. The zero-order chi connectivity index (χ0) is 19.2. The van der Waals surface area contributed by atoms with Crippen LogP contribution in [-0.4, -0.2) is 37.1 Å². The van der Waals surface area contributed by atoms with Crippen molar-refractivity contribution in [2.24, 2.45) is 11.7 Å². The van der Waals surface area contributed by atoms with Crippen molar-refractivity contribution in [1.29, 1.82) is 0 Å². The SMILES string of the molecule is Cl.NC[C@@H]1CN(C(=O)CCc2ccc(OC(F)F)cc2)C[C@H]1c1ccccc1. The van der Waals surface area contributed by atoms with Gasteiger partial charge in [-0.1, -0.05) is 42.5 Å². The summed E-state index contributed by atoms with van der Waals surface area (Å²) in [5, 5.41) is 0. The molecule has 1 heterocycles. The summed E-state index contributed by atoms with van der Waals surface area (Å²) in [6.45, 7) is -0.919. The third-order valence-electron chi connectivity index (χ3n) is 5.10. The van der Waals surface area contributed by atoms with Gasteiger partial charge in [0.1, 0.15) is 5.75 Å². The molecule has 0 aliphatic carbocycles. The van der Waals surface area contributed by atoms with E-state index in [4.69, 9.17) is 5.73 Å². The van der Waals surface area contributed by atoms with Crippen molar-refractivity contribution in [3.05, 3.63) is 65.7 Å². The van der Waals surface area contributed by atoms with E-state index in [0.29, 0.717) is 32.5 Å². The quantitative estimate of drug-likeness (QED) is 0.754. The molecule has 2 atom stereocenters. The Hall–Kier alpha value is -2.18. The maximum atomic E-state index is 12.6. The standard InChI is InChI=1S/C21H24F2N2O2.ClH/c22-21(23)27-18-9-6-15(7-10-18)8-11-20(26)25-13-17(12-24)19(14-25)16-4-2-1-3-5-16;/h1-7,9-10,17,19,21H,8,11-14,24H2;1H/t17-,19+;/m1./s1. The lowest BCUT2D eigenvalue weighted by atomic mass is 9.89. The molecule has 0 aromatic heterocycles. The molecular formula is C21H25ClF2N2O2. The van der Waals surface area contributed by atoms with Crippen molar-refractivity contribution in [1.82, 2.24) is 4.90 Å². The van der Waals surface area contributed by atoms with Gasteiger partial charge in [-0.2, -0.15) is 8.78 Å². The summed E-state index contributed by atoms with van der Waals surface area (Å²) in [6, 6.07) is 16.6. The van der Waals surface area contributed by atoms with Crippen LogP contribution in [-0.2, 0) is 11.2 Å². The molecular weight excluding hydrogens is 386 g/mol. The molecule has 1 amide bonds. The first-order chi connectivity index (χ1) is 13.1. The first-order valence-electron chi connectivity index (χ1n) is 9.13. The number of hydrogen-bond acceptors (Lipinski definition) is 3. The second kappa shape index (κ2) is 10.4. The Morgan fingerprint density at radius 2 is 1.79 bits per heavy atom. The lowest BCUT2D eigenvalue weighted by molar-refractivity contribution is -0.130. The van der Waals surface area contributed by atoms with Gasteiger partial charge in [-0.05, 0) is 42.1 Å². The third-order valence-corrected chi connectivity index (χ3v) is 5.10. The number of carbonyl (C=O) groups excluding carboxylic acids is 1. The second-order valence-corrected chi connectivity index (χ2v) is 6.83. The summed E-state index contributed by atoms with van der Waals surface area (Å²) in [6.07, 6.45) is 0.946. The van der Waals surface area contributed by atoms with Crippen molar-refractivity contribution in [2.75, 3.05) is 19.6 Å². The van der Waals surface area contributed by atoms with Gasteiger partial charge in [0.05, 0.1) is 0 Å². The highest BCUT2D eigenvalue weighted by Gasteiger charge is 2.34. The van der Waals surface area contributed by atoms with Gasteiger partial charge in [-0.25, -0.2) is 0 Å². The van der Waals surface area contributed by atoms with Crippen LogP contribution in [0.15, 0.2) is 54.6 Å². The first kappa shape index (κ1) is 22.1. The first-order valence-corrected chi connectivity index (χ1v) is 9.13. The molecule has 28 heavy (non-hydrogen) atoms. The average molecular weight is 411 g/mol. The van der Waals surface area contributed by atoms with Crippen molar-refractivity contribution in [3.63, 3.8) is 0 Å². The molecule has 0 saturated carbocycles. The maximum Gasteiger partial charge on any atom is 0.387 e. The van der Waals surface area contributed by atoms with Crippen LogP contribution in [0.5, 0.6) is 5.75 Å². The summed E-state index contributed by atoms with van der Waals surface area (Å²) in [5.41, 5.74) is 8.07. The minimum absolute atomic E-state index is 0. The summed E-state index contributed by atoms with van der Waals surface area (Å²) < 4.78 is 28.7. The fraction of sp³-hybridized carbons (Fsp3) is 0.381. The highest BCUT2D eigenvalue weighted by Crippen LogP contribution is 2.32. The summed E-state index contributed by atoms with van der Waals surface area (Å²) >= 11 is 0. The topological polar surface area (TPSA) is 55.6 Å². The largest absolute Gasteiger partial charge is 0.435 e. The molecule has 1 fully saturated rings. The van der Waals surface area contributed by atoms with Crippen LogP contribution < -0.4 is 10.5 Å². The van der Waals surface area contributed by atoms with Crippen LogP contribution in [0.4, 0.5) is 8.78 Å². The Morgan fingerprint density at radius 3 is 2.39 bits per heavy atom. The monoisotopic (exact) mass is 410 g/mol. The minimum Gasteiger partial charge on any atom is -0.435 e. The molecule has 2 aromatic carbocycles. The predicted octanol–water partition coefficient (Wildman–Crippen LogP) is 3.84. The van der Waals surface area contributed by atoms with Crippen LogP contribution >= 0.6 is 12.4 Å². The molecule has 3 rings (SSSR count). The Labute approximate surface area is 170 Å². The van der Waals surface area contributed by atoms with Crippen LogP contribution in [0.1, 0.15) is 23.5 Å². The second-order valence-electron chi connectivity index (χ2n) is 6.83. The maximum absolute atomic E-state index is 12.6. The van der Waals surface area contributed by atoms with Crippen LogP contribution in [0.3, 0.4) is 0 Å². The van der Waals surface area contributed by atoms with E-state index in [9.17, 15) is 13.6 Å². The third kappa shape index (κ3) is 5.66. The van der Waals surface area contributed by atoms with Crippen molar-refractivity contribution in [3.8, 4) is 5.75 Å². The van der Waals surface area contributed by atoms with Crippen molar-refractivity contribution in [2.45, 2.75) is 25.4 Å². The molecule has 2 aromatic rings. The van der Waals surface area contributed by atoms with E-state index in [2.05, 4.69) is 16.9 Å². The molecule has 0 radical (unpaired) electrons. The van der Waals surface area contributed by atoms with Gasteiger partial charge in [0.25, 0.3) is 0 Å². The van der Waals surface area contributed by atoms with Gasteiger partial charge in [0.15, 0.2) is 0 Å². The number of halogens is 3. The number of hydrogen-bond donors (Lipinski definition) is 1. The Bertz CT molecular complexity index is 744. The van der Waals surface area contributed by atoms with E-state index in [1.54, 1.807) is 12.1 Å². The predicted molar refractivity (Wildman–Crippen MR) is 107 cm³/mol. The smallest absolute Gasteiger partial charge is 0.387 e. The van der Waals surface area contributed by atoms with E-state index in [1.165, 1.54) is 17.7 Å². The number of amides is 1.